The van der Waals surface area contributed by atoms with Crippen LogP contribution >= 0.6 is 0 Å². The lowest BCUT2D eigenvalue weighted by atomic mass is 10.4. The SMILES string of the molecule is CCCNCc1nnc2cc(C)ncn12. The molecule has 0 saturated heterocycles. The van der Waals surface area contributed by atoms with Gasteiger partial charge in [0.25, 0.3) is 0 Å². The van der Waals surface area contributed by atoms with Gasteiger partial charge in [-0.1, -0.05) is 6.92 Å². The highest BCUT2D eigenvalue weighted by Crippen LogP contribution is 2.03. The summed E-state index contributed by atoms with van der Waals surface area (Å²) in [6, 6.07) is 1.93. The molecule has 2 heterocycles. The Hall–Kier alpha value is -1.49. The molecule has 0 atom stereocenters. The maximum absolute atomic E-state index is 4.22. The van der Waals surface area contributed by atoms with Crippen LogP contribution in [0.1, 0.15) is 24.9 Å². The Morgan fingerprint density at radius 1 is 1.40 bits per heavy atom. The highest BCUT2D eigenvalue weighted by atomic mass is 15.3. The minimum atomic E-state index is 0.736. The van der Waals surface area contributed by atoms with Gasteiger partial charge >= 0.3 is 0 Å². The molecule has 80 valence electrons. The van der Waals surface area contributed by atoms with Gasteiger partial charge in [-0.05, 0) is 19.9 Å². The zero-order valence-electron chi connectivity index (χ0n) is 9.06. The number of nitrogens with zero attached hydrogens (tertiary/aromatic N) is 4. The number of aromatic nitrogens is 4. The fraction of sp³-hybridized carbons (Fsp3) is 0.500. The van der Waals surface area contributed by atoms with Gasteiger partial charge in [0, 0.05) is 11.8 Å². The van der Waals surface area contributed by atoms with Gasteiger partial charge < -0.3 is 5.32 Å². The molecule has 2 rings (SSSR count). The highest BCUT2D eigenvalue weighted by Gasteiger charge is 2.04. The van der Waals surface area contributed by atoms with Crippen molar-refractivity contribution in [1.29, 1.82) is 0 Å². The van der Waals surface area contributed by atoms with Gasteiger partial charge in [-0.2, -0.15) is 0 Å². The van der Waals surface area contributed by atoms with Gasteiger partial charge in [0.05, 0.1) is 6.54 Å². The largest absolute Gasteiger partial charge is 0.310 e. The average molecular weight is 205 g/mol. The van der Waals surface area contributed by atoms with Gasteiger partial charge in [-0.15, -0.1) is 10.2 Å². The summed E-state index contributed by atoms with van der Waals surface area (Å²) >= 11 is 0. The van der Waals surface area contributed by atoms with E-state index in [4.69, 9.17) is 0 Å². The summed E-state index contributed by atoms with van der Waals surface area (Å²) in [7, 11) is 0. The molecule has 1 N–H and O–H groups in total. The predicted molar refractivity (Wildman–Crippen MR) is 57.5 cm³/mol. The Bertz CT molecular complexity index is 448. The molecule has 0 amide bonds. The zero-order chi connectivity index (χ0) is 10.7. The third-order valence-corrected chi connectivity index (χ3v) is 2.22. The van der Waals surface area contributed by atoms with E-state index in [-0.39, 0.29) is 0 Å². The van der Waals surface area contributed by atoms with E-state index in [0.29, 0.717) is 0 Å². The Labute approximate surface area is 88.6 Å². The maximum atomic E-state index is 4.22. The highest BCUT2D eigenvalue weighted by molar-refractivity contribution is 5.37. The van der Waals surface area contributed by atoms with Crippen LogP contribution in [-0.4, -0.2) is 26.1 Å². The number of fused-ring (bicyclic) bond motifs is 1. The van der Waals surface area contributed by atoms with Crippen molar-refractivity contribution in [2.24, 2.45) is 0 Å². The van der Waals surface area contributed by atoms with Gasteiger partial charge in [-0.25, -0.2) is 4.98 Å². The molecule has 0 aliphatic heterocycles. The third kappa shape index (κ3) is 2.12. The second kappa shape index (κ2) is 4.35. The van der Waals surface area contributed by atoms with Crippen LogP contribution in [0.5, 0.6) is 0 Å². The molecule has 5 heteroatoms. The fourth-order valence-electron chi connectivity index (χ4n) is 1.43. The Morgan fingerprint density at radius 2 is 2.27 bits per heavy atom. The maximum Gasteiger partial charge on any atom is 0.163 e. The minimum Gasteiger partial charge on any atom is -0.310 e. The van der Waals surface area contributed by atoms with E-state index < -0.39 is 0 Å². The van der Waals surface area contributed by atoms with Crippen molar-refractivity contribution in [3.05, 3.63) is 23.9 Å². The number of hydrogen-bond acceptors (Lipinski definition) is 4. The summed E-state index contributed by atoms with van der Waals surface area (Å²) in [4.78, 5) is 4.22. The molecular formula is C10H15N5. The predicted octanol–water partition coefficient (Wildman–Crippen LogP) is 0.932. The van der Waals surface area contributed by atoms with Crippen LogP contribution in [-0.2, 0) is 6.54 Å². The van der Waals surface area contributed by atoms with E-state index in [0.717, 1.165) is 36.7 Å². The average Bonchev–Trinajstić information content (AvgIpc) is 2.61. The van der Waals surface area contributed by atoms with Crippen molar-refractivity contribution >= 4 is 5.65 Å². The second-order valence-electron chi connectivity index (χ2n) is 3.55. The molecule has 0 bridgehead atoms. The van der Waals surface area contributed by atoms with Crippen molar-refractivity contribution in [3.8, 4) is 0 Å². The number of rotatable bonds is 4. The first-order valence-corrected chi connectivity index (χ1v) is 5.18. The Morgan fingerprint density at radius 3 is 3.07 bits per heavy atom. The van der Waals surface area contributed by atoms with Crippen molar-refractivity contribution in [3.63, 3.8) is 0 Å². The van der Waals surface area contributed by atoms with Crippen LogP contribution in [0, 0.1) is 6.92 Å². The molecule has 2 aromatic rings. The molecule has 0 aliphatic carbocycles. The van der Waals surface area contributed by atoms with E-state index in [9.17, 15) is 0 Å². The Kier molecular flexibility index (Phi) is 2.91. The lowest BCUT2D eigenvalue weighted by Gasteiger charge is -2.01. The van der Waals surface area contributed by atoms with Crippen LogP contribution in [0.3, 0.4) is 0 Å². The monoisotopic (exact) mass is 205 g/mol. The number of hydrogen-bond donors (Lipinski definition) is 1. The van der Waals surface area contributed by atoms with E-state index in [1.807, 2.05) is 17.4 Å². The van der Waals surface area contributed by atoms with Crippen LogP contribution in [0.2, 0.25) is 0 Å². The van der Waals surface area contributed by atoms with Gasteiger partial charge in [-0.3, -0.25) is 4.40 Å². The molecule has 0 aliphatic rings. The van der Waals surface area contributed by atoms with E-state index >= 15 is 0 Å². The number of nitrogens with one attached hydrogen (secondary N) is 1. The van der Waals surface area contributed by atoms with Crippen LogP contribution in [0.25, 0.3) is 5.65 Å². The zero-order valence-corrected chi connectivity index (χ0v) is 9.06. The van der Waals surface area contributed by atoms with Crippen molar-refractivity contribution in [1.82, 2.24) is 24.9 Å². The summed E-state index contributed by atoms with van der Waals surface area (Å²) in [5, 5.41) is 11.5. The van der Waals surface area contributed by atoms with E-state index in [1.165, 1.54) is 0 Å². The molecule has 0 radical (unpaired) electrons. The van der Waals surface area contributed by atoms with Crippen LogP contribution in [0.15, 0.2) is 12.4 Å². The Balaban J connectivity index is 2.21. The van der Waals surface area contributed by atoms with E-state index in [2.05, 4.69) is 27.4 Å². The van der Waals surface area contributed by atoms with Crippen molar-refractivity contribution in [2.75, 3.05) is 6.54 Å². The smallest absolute Gasteiger partial charge is 0.163 e. The molecule has 0 spiro atoms. The second-order valence-corrected chi connectivity index (χ2v) is 3.55. The molecular weight excluding hydrogens is 190 g/mol. The molecule has 0 unspecified atom stereocenters. The standard InChI is InChI=1S/C10H15N5/c1-3-4-11-6-10-14-13-9-5-8(2)12-7-15(9)10/h5,7,11H,3-4,6H2,1-2H3. The van der Waals surface area contributed by atoms with Gasteiger partial charge in [0.1, 0.15) is 6.33 Å². The van der Waals surface area contributed by atoms with Gasteiger partial charge in [0.2, 0.25) is 0 Å². The minimum absolute atomic E-state index is 0.736. The van der Waals surface area contributed by atoms with Crippen LogP contribution < -0.4 is 5.32 Å². The lowest BCUT2D eigenvalue weighted by molar-refractivity contribution is 0.644. The summed E-state index contributed by atoms with van der Waals surface area (Å²) in [5.41, 5.74) is 1.82. The van der Waals surface area contributed by atoms with Crippen molar-refractivity contribution < 1.29 is 0 Å². The molecule has 0 fully saturated rings. The summed E-state index contributed by atoms with van der Waals surface area (Å²) in [6.45, 7) is 5.82. The fourth-order valence-corrected chi connectivity index (χ4v) is 1.43. The van der Waals surface area contributed by atoms with Crippen molar-refractivity contribution in [2.45, 2.75) is 26.8 Å². The molecule has 2 aromatic heterocycles. The first kappa shape index (κ1) is 10.0. The molecule has 0 aromatic carbocycles. The van der Waals surface area contributed by atoms with Gasteiger partial charge in [0.15, 0.2) is 11.5 Å². The summed E-state index contributed by atoms with van der Waals surface area (Å²) in [5.74, 6) is 0.908. The number of aryl methyl sites for hydroxylation is 1. The summed E-state index contributed by atoms with van der Waals surface area (Å²) < 4.78 is 1.91. The quantitative estimate of drug-likeness (QED) is 0.754. The topological polar surface area (TPSA) is 55.1 Å². The third-order valence-electron chi connectivity index (χ3n) is 2.22. The first-order valence-electron chi connectivity index (χ1n) is 5.18. The molecule has 15 heavy (non-hydrogen) atoms. The normalized spacial score (nSPS) is 11.1. The van der Waals surface area contributed by atoms with Crippen LogP contribution in [0.4, 0.5) is 0 Å². The first-order chi connectivity index (χ1) is 7.31. The van der Waals surface area contributed by atoms with E-state index in [1.54, 1.807) is 6.33 Å². The molecule has 5 nitrogen and oxygen atoms in total. The molecule has 0 saturated carbocycles. The lowest BCUT2D eigenvalue weighted by Crippen LogP contribution is -2.16. The summed E-state index contributed by atoms with van der Waals surface area (Å²) in [6.07, 6.45) is 2.89.